The van der Waals surface area contributed by atoms with Crippen LogP contribution in [0.3, 0.4) is 0 Å². The van der Waals surface area contributed by atoms with Crippen LogP contribution in [0.25, 0.3) is 11.2 Å². The molecule has 0 radical (unpaired) electrons. The van der Waals surface area contributed by atoms with Gasteiger partial charge in [-0.15, -0.1) is 0 Å². The molecule has 0 unspecified atom stereocenters. The molecule has 3 rings (SSSR count). The lowest BCUT2D eigenvalue weighted by molar-refractivity contribution is -0.0396. The van der Waals surface area contributed by atoms with E-state index >= 15 is 0 Å². The van der Waals surface area contributed by atoms with Crippen molar-refractivity contribution in [1.29, 1.82) is 0 Å². The van der Waals surface area contributed by atoms with Gasteiger partial charge in [0.15, 0.2) is 21.5 Å². The van der Waals surface area contributed by atoms with Gasteiger partial charge in [-0.25, -0.2) is 15.0 Å². The molecule has 3 N–H and O–H groups in total. The van der Waals surface area contributed by atoms with Gasteiger partial charge in [0, 0.05) is 22.6 Å². The molecule has 0 aromatic carbocycles. The predicted molar refractivity (Wildman–Crippen MR) is 94.6 cm³/mol. The zero-order chi connectivity index (χ0) is 16.0. The van der Waals surface area contributed by atoms with Crippen molar-refractivity contribution in [3.8, 4) is 0 Å². The summed E-state index contributed by atoms with van der Waals surface area (Å²) in [6.45, 7) is 4.24. The number of aromatic nitrogens is 4. The first-order valence-electron chi connectivity index (χ1n) is 7.05. The van der Waals surface area contributed by atoms with Crippen LogP contribution in [0.15, 0.2) is 6.33 Å². The maximum absolute atomic E-state index is 10.5. The molecular formula is C13H18IN5O2S. The van der Waals surface area contributed by atoms with Crippen molar-refractivity contribution >= 4 is 52.2 Å². The molecule has 0 aliphatic carbocycles. The number of aliphatic hydroxyl groups excluding tert-OH is 1. The lowest BCUT2D eigenvalue weighted by atomic mass is 10.0. The number of imidazole rings is 1. The number of rotatable bonds is 3. The molecule has 1 saturated heterocycles. The van der Waals surface area contributed by atoms with Gasteiger partial charge in [0.05, 0.1) is 17.7 Å². The molecule has 0 amide bonds. The fraction of sp³-hybridized carbons (Fsp3) is 0.615. The van der Waals surface area contributed by atoms with Crippen molar-refractivity contribution < 1.29 is 9.84 Å². The number of aliphatic hydroxyl groups is 1. The Balaban J connectivity index is 1.98. The summed E-state index contributed by atoms with van der Waals surface area (Å²) in [5.74, 6) is 0.783. The Morgan fingerprint density at radius 1 is 1.50 bits per heavy atom. The quantitative estimate of drug-likeness (QED) is 0.385. The van der Waals surface area contributed by atoms with Crippen LogP contribution >= 0.6 is 35.2 Å². The molecule has 1 fully saturated rings. The van der Waals surface area contributed by atoms with Gasteiger partial charge in [-0.3, -0.25) is 4.57 Å². The number of halogens is 1. The summed E-state index contributed by atoms with van der Waals surface area (Å²) in [4.78, 5) is 12.7. The van der Waals surface area contributed by atoms with Crippen LogP contribution in [0.2, 0.25) is 0 Å². The Morgan fingerprint density at radius 2 is 2.23 bits per heavy atom. The van der Waals surface area contributed by atoms with Crippen LogP contribution in [-0.4, -0.2) is 42.1 Å². The fourth-order valence-electron chi connectivity index (χ4n) is 2.72. The Kier molecular flexibility index (Phi) is 4.49. The topological polar surface area (TPSA) is 99.1 Å². The minimum atomic E-state index is -0.738. The number of hydrogen-bond donors (Lipinski definition) is 3. The zero-order valence-electron chi connectivity index (χ0n) is 12.2. The summed E-state index contributed by atoms with van der Waals surface area (Å²) in [6.07, 6.45) is 1.000. The number of thiol groups is 1. The normalized spacial score (nSPS) is 28.8. The molecule has 0 saturated carbocycles. The molecule has 0 spiro atoms. The standard InChI is InChI=1S/C13H18IN5O2S/c1-5(2)3-6-9(22)8(20)12(21-6)19-4-16-7-10(15)17-13(14)18-11(7)19/h4-6,8-9,12,20,22H,3H2,1-2H3,(H2,15,17,18)/t6-,8-,9-,12-/m1/s1. The second-order valence-electron chi connectivity index (χ2n) is 5.88. The molecule has 1 aliphatic heterocycles. The lowest BCUT2D eigenvalue weighted by Gasteiger charge is -2.17. The number of nitrogens with zero attached hydrogens (tertiary/aromatic N) is 4. The molecule has 22 heavy (non-hydrogen) atoms. The van der Waals surface area contributed by atoms with Gasteiger partial charge in [0.25, 0.3) is 0 Å². The average Bonchev–Trinajstić information content (AvgIpc) is 2.95. The van der Waals surface area contributed by atoms with Crippen molar-refractivity contribution in [1.82, 2.24) is 19.5 Å². The summed E-state index contributed by atoms with van der Waals surface area (Å²) in [6, 6.07) is 0. The fourth-order valence-corrected chi connectivity index (χ4v) is 3.54. The van der Waals surface area contributed by atoms with Gasteiger partial charge in [-0.2, -0.15) is 12.6 Å². The van der Waals surface area contributed by atoms with Crippen molar-refractivity contribution in [3.63, 3.8) is 0 Å². The summed E-state index contributed by atoms with van der Waals surface area (Å²) >= 11 is 6.51. The van der Waals surface area contributed by atoms with Crippen LogP contribution in [0.1, 0.15) is 26.5 Å². The summed E-state index contributed by atoms with van der Waals surface area (Å²) in [5.41, 5.74) is 6.95. The van der Waals surface area contributed by atoms with E-state index in [-0.39, 0.29) is 11.4 Å². The number of ether oxygens (including phenoxy) is 1. The van der Waals surface area contributed by atoms with Gasteiger partial charge in [0.1, 0.15) is 11.6 Å². The minimum Gasteiger partial charge on any atom is -0.387 e. The van der Waals surface area contributed by atoms with E-state index < -0.39 is 12.3 Å². The third-order valence-electron chi connectivity index (χ3n) is 3.74. The second-order valence-corrected chi connectivity index (χ2v) is 7.44. The molecule has 9 heteroatoms. The first-order valence-corrected chi connectivity index (χ1v) is 8.65. The number of hydrogen-bond acceptors (Lipinski definition) is 7. The molecule has 7 nitrogen and oxygen atoms in total. The first-order chi connectivity index (χ1) is 10.4. The van der Waals surface area contributed by atoms with Crippen LogP contribution in [-0.2, 0) is 4.74 Å². The highest BCUT2D eigenvalue weighted by Gasteiger charge is 2.43. The lowest BCUT2D eigenvalue weighted by Crippen LogP contribution is -2.27. The first kappa shape index (κ1) is 16.2. The van der Waals surface area contributed by atoms with Crippen LogP contribution in [0.4, 0.5) is 5.82 Å². The molecule has 2 aromatic heterocycles. The summed E-state index contributed by atoms with van der Waals surface area (Å²) < 4.78 is 8.26. The predicted octanol–water partition coefficient (Wildman–Crippen LogP) is 1.62. The molecule has 120 valence electrons. The van der Waals surface area contributed by atoms with Crippen molar-refractivity contribution in [2.45, 2.75) is 44.0 Å². The number of nitrogens with two attached hydrogens (primary N) is 1. The Hall–Kier alpha value is -0.650. The van der Waals surface area contributed by atoms with Crippen molar-refractivity contribution in [2.24, 2.45) is 5.92 Å². The van der Waals surface area contributed by atoms with Gasteiger partial charge < -0.3 is 15.6 Å². The molecule has 0 bridgehead atoms. The smallest absolute Gasteiger partial charge is 0.194 e. The van der Waals surface area contributed by atoms with E-state index in [0.29, 0.717) is 26.7 Å². The highest BCUT2D eigenvalue weighted by molar-refractivity contribution is 14.1. The third-order valence-corrected chi connectivity index (χ3v) is 4.86. The number of anilines is 1. The zero-order valence-corrected chi connectivity index (χ0v) is 15.3. The number of fused-ring (bicyclic) bond motifs is 1. The van der Waals surface area contributed by atoms with E-state index in [1.54, 1.807) is 10.9 Å². The van der Waals surface area contributed by atoms with Gasteiger partial charge in [0.2, 0.25) is 0 Å². The van der Waals surface area contributed by atoms with Gasteiger partial charge in [-0.1, -0.05) is 13.8 Å². The molecule has 4 atom stereocenters. The summed E-state index contributed by atoms with van der Waals surface area (Å²) in [7, 11) is 0. The second kappa shape index (κ2) is 6.10. The Bertz CT molecular complexity index is 694. The maximum Gasteiger partial charge on any atom is 0.194 e. The Labute approximate surface area is 147 Å². The SMILES string of the molecule is CC(C)C[C@H]1O[C@@H](n2cnc3c(N)nc(I)nc32)[C@H](O)[C@@H]1S. The molecular weight excluding hydrogens is 417 g/mol. The highest BCUT2D eigenvalue weighted by atomic mass is 127. The van der Waals surface area contributed by atoms with E-state index in [9.17, 15) is 5.11 Å². The highest BCUT2D eigenvalue weighted by Crippen LogP contribution is 2.37. The van der Waals surface area contributed by atoms with E-state index in [1.165, 1.54) is 0 Å². The van der Waals surface area contributed by atoms with Crippen molar-refractivity contribution in [3.05, 3.63) is 10.2 Å². The maximum atomic E-state index is 10.5. The summed E-state index contributed by atoms with van der Waals surface area (Å²) in [5, 5.41) is 10.2. The Morgan fingerprint density at radius 3 is 2.91 bits per heavy atom. The molecule has 1 aliphatic rings. The monoisotopic (exact) mass is 435 g/mol. The third kappa shape index (κ3) is 2.79. The number of nitrogen functional groups attached to an aromatic ring is 1. The van der Waals surface area contributed by atoms with E-state index in [1.807, 2.05) is 22.6 Å². The van der Waals surface area contributed by atoms with Crippen LogP contribution in [0.5, 0.6) is 0 Å². The molecule has 3 heterocycles. The average molecular weight is 435 g/mol. The van der Waals surface area contributed by atoms with Crippen LogP contribution in [0, 0.1) is 9.75 Å². The van der Waals surface area contributed by atoms with E-state index in [2.05, 4.69) is 41.4 Å². The molecule has 2 aromatic rings. The van der Waals surface area contributed by atoms with Gasteiger partial charge >= 0.3 is 0 Å². The minimum absolute atomic E-state index is 0.112. The van der Waals surface area contributed by atoms with E-state index in [0.717, 1.165) is 6.42 Å². The largest absolute Gasteiger partial charge is 0.387 e. The van der Waals surface area contributed by atoms with E-state index in [4.69, 9.17) is 10.5 Å². The van der Waals surface area contributed by atoms with Crippen molar-refractivity contribution in [2.75, 3.05) is 5.73 Å². The van der Waals surface area contributed by atoms with Gasteiger partial charge in [-0.05, 0) is 12.3 Å². The van der Waals surface area contributed by atoms with Crippen LogP contribution < -0.4 is 5.73 Å².